The molecule has 3 heterocycles. The van der Waals surface area contributed by atoms with E-state index >= 15 is 0 Å². The Hall–Kier alpha value is -3.88. The van der Waals surface area contributed by atoms with Crippen molar-refractivity contribution in [3.05, 3.63) is 71.0 Å². The summed E-state index contributed by atoms with van der Waals surface area (Å²) in [6.45, 7) is 2.17. The molecule has 12 heteroatoms. The van der Waals surface area contributed by atoms with E-state index in [2.05, 4.69) is 10.2 Å². The summed E-state index contributed by atoms with van der Waals surface area (Å²) in [4.78, 5) is 0. The minimum Gasteiger partial charge on any atom is -0.422 e. The fourth-order valence-corrected chi connectivity index (χ4v) is 3.45. The van der Waals surface area contributed by atoms with Gasteiger partial charge in [-0.25, -0.2) is 0 Å². The lowest BCUT2D eigenvalue weighted by molar-refractivity contribution is -0.291. The summed E-state index contributed by atoms with van der Waals surface area (Å²) in [6.07, 6.45) is -4.43. The van der Waals surface area contributed by atoms with Gasteiger partial charge in [-0.1, -0.05) is 18.2 Å². The van der Waals surface area contributed by atoms with Crippen molar-refractivity contribution in [3.8, 4) is 17.6 Å². The lowest BCUT2D eigenvalue weighted by Crippen LogP contribution is -2.36. The lowest BCUT2D eigenvalue weighted by Gasteiger charge is -2.25. The van der Waals surface area contributed by atoms with Crippen molar-refractivity contribution in [2.45, 2.75) is 31.5 Å². The van der Waals surface area contributed by atoms with Gasteiger partial charge in [-0.15, -0.1) is 0 Å². The monoisotopic (exact) mass is 450 g/mol. The Labute approximate surface area is 178 Å². The zero-order valence-electron chi connectivity index (χ0n) is 16.4. The molecule has 4 rings (SSSR count). The Bertz CT molecular complexity index is 1240. The predicted molar refractivity (Wildman–Crippen MR) is 101 cm³/mol. The number of rotatable bonds is 4. The molecule has 3 aromatic rings. The molecule has 0 fully saturated rings. The van der Waals surface area contributed by atoms with Crippen LogP contribution in [0.15, 0.2) is 54.1 Å². The molecule has 1 aromatic carbocycles. The third-order valence-electron chi connectivity index (χ3n) is 4.98. The molecule has 0 saturated heterocycles. The maximum absolute atomic E-state index is 14.7. The van der Waals surface area contributed by atoms with Crippen LogP contribution in [0.2, 0.25) is 0 Å². The van der Waals surface area contributed by atoms with E-state index in [1.54, 1.807) is 31.2 Å². The Morgan fingerprint density at radius 2 is 1.81 bits per heavy atom. The van der Waals surface area contributed by atoms with Crippen LogP contribution in [-0.2, 0) is 12.5 Å². The Morgan fingerprint density at radius 3 is 2.38 bits per heavy atom. The zero-order chi connectivity index (χ0) is 23.3. The van der Waals surface area contributed by atoms with Crippen LogP contribution in [0.5, 0.6) is 5.88 Å². The van der Waals surface area contributed by atoms with Crippen LogP contribution in [-0.4, -0.2) is 25.7 Å². The van der Waals surface area contributed by atoms with Gasteiger partial charge < -0.3 is 10.5 Å². The van der Waals surface area contributed by atoms with Gasteiger partial charge in [0.1, 0.15) is 17.3 Å². The third kappa shape index (κ3) is 3.17. The van der Waals surface area contributed by atoms with E-state index in [1.165, 1.54) is 29.1 Å². The van der Waals surface area contributed by atoms with E-state index in [9.17, 15) is 27.2 Å². The van der Waals surface area contributed by atoms with Crippen LogP contribution in [0.4, 0.5) is 22.0 Å². The number of hydrogen-bond acceptors (Lipinski definition) is 5. The molecule has 2 N–H and O–H groups in total. The molecule has 0 bridgehead atoms. The summed E-state index contributed by atoms with van der Waals surface area (Å²) < 4.78 is 77.1. The highest BCUT2D eigenvalue weighted by molar-refractivity contribution is 5.57. The quantitative estimate of drug-likeness (QED) is 0.608. The number of nitrogens with two attached hydrogens (primary N) is 1. The van der Waals surface area contributed by atoms with Gasteiger partial charge in [0.25, 0.3) is 0 Å². The van der Waals surface area contributed by atoms with E-state index in [1.807, 2.05) is 0 Å². The fourth-order valence-electron chi connectivity index (χ4n) is 3.45. The van der Waals surface area contributed by atoms with E-state index < -0.39 is 41.0 Å². The molecule has 1 atom stereocenters. The van der Waals surface area contributed by atoms with Crippen molar-refractivity contribution in [2.75, 3.05) is 0 Å². The lowest BCUT2D eigenvalue weighted by atomic mass is 9.86. The highest BCUT2D eigenvalue weighted by Gasteiger charge is 2.63. The summed E-state index contributed by atoms with van der Waals surface area (Å²) in [5.41, 5.74) is 3.55. The number of ether oxygens (including phenoxy) is 1. The molecule has 1 unspecified atom stereocenters. The van der Waals surface area contributed by atoms with Crippen LogP contribution in [0.3, 0.4) is 0 Å². The number of aryl methyl sites for hydroxylation is 1. The number of hydrogen-bond donors (Lipinski definition) is 1. The number of alkyl halides is 5. The van der Waals surface area contributed by atoms with Crippen molar-refractivity contribution in [2.24, 2.45) is 5.73 Å². The SMILES string of the molecule is CCn1ccc(C2C(C#N)=C(N)Oc3c2c(C(F)(F)C(F)(F)F)nn3-c2ccccc2)n1. The smallest absolute Gasteiger partial charge is 0.422 e. The second kappa shape index (κ2) is 7.37. The molecule has 166 valence electrons. The third-order valence-corrected chi connectivity index (χ3v) is 4.98. The number of benzene rings is 1. The van der Waals surface area contributed by atoms with Gasteiger partial charge in [-0.2, -0.15) is 42.1 Å². The number of fused-ring (bicyclic) bond motifs is 1. The van der Waals surface area contributed by atoms with Gasteiger partial charge in [-0.05, 0) is 25.1 Å². The minimum atomic E-state index is -5.94. The largest absolute Gasteiger partial charge is 0.459 e. The molecule has 0 amide bonds. The van der Waals surface area contributed by atoms with E-state index in [0.29, 0.717) is 6.54 Å². The summed E-state index contributed by atoms with van der Waals surface area (Å²) in [7, 11) is 0. The number of halogens is 5. The number of aromatic nitrogens is 4. The number of nitrogens with zero attached hydrogens (tertiary/aromatic N) is 5. The fraction of sp³-hybridized carbons (Fsp3) is 0.250. The van der Waals surface area contributed by atoms with Crippen molar-refractivity contribution in [1.82, 2.24) is 19.6 Å². The van der Waals surface area contributed by atoms with Gasteiger partial charge >= 0.3 is 12.1 Å². The average Bonchev–Trinajstić information content (AvgIpc) is 3.37. The van der Waals surface area contributed by atoms with Gasteiger partial charge in [0.05, 0.1) is 22.9 Å². The van der Waals surface area contributed by atoms with E-state index in [4.69, 9.17) is 10.5 Å². The molecule has 0 radical (unpaired) electrons. The molecule has 32 heavy (non-hydrogen) atoms. The molecule has 0 aliphatic carbocycles. The first-order valence-electron chi connectivity index (χ1n) is 9.34. The first kappa shape index (κ1) is 21.4. The molecular formula is C20H15F5N6O. The summed E-state index contributed by atoms with van der Waals surface area (Å²) in [6, 6.07) is 10.8. The summed E-state index contributed by atoms with van der Waals surface area (Å²) in [5.74, 6) is -7.64. The van der Waals surface area contributed by atoms with Crippen LogP contribution in [0.25, 0.3) is 5.69 Å². The van der Waals surface area contributed by atoms with Crippen LogP contribution < -0.4 is 10.5 Å². The van der Waals surface area contributed by atoms with Crippen molar-refractivity contribution >= 4 is 0 Å². The first-order chi connectivity index (χ1) is 15.1. The van der Waals surface area contributed by atoms with Crippen LogP contribution >= 0.6 is 0 Å². The van der Waals surface area contributed by atoms with Gasteiger partial charge in [0, 0.05) is 12.7 Å². The van der Waals surface area contributed by atoms with E-state index in [0.717, 1.165) is 4.68 Å². The second-order valence-electron chi connectivity index (χ2n) is 6.91. The Balaban J connectivity index is 2.07. The predicted octanol–water partition coefficient (Wildman–Crippen LogP) is 3.96. The second-order valence-corrected chi connectivity index (χ2v) is 6.91. The number of nitriles is 1. The molecule has 2 aromatic heterocycles. The van der Waals surface area contributed by atoms with Crippen molar-refractivity contribution in [1.29, 1.82) is 5.26 Å². The van der Waals surface area contributed by atoms with Crippen LogP contribution in [0, 0.1) is 11.3 Å². The maximum Gasteiger partial charge on any atom is 0.459 e. The Morgan fingerprint density at radius 1 is 1.12 bits per heavy atom. The molecule has 0 saturated carbocycles. The highest BCUT2D eigenvalue weighted by Crippen LogP contribution is 2.52. The van der Waals surface area contributed by atoms with Crippen LogP contribution in [0.1, 0.15) is 29.8 Å². The van der Waals surface area contributed by atoms with E-state index in [-0.39, 0.29) is 17.0 Å². The van der Waals surface area contributed by atoms with Crippen molar-refractivity contribution < 1.29 is 26.7 Å². The summed E-state index contributed by atoms with van der Waals surface area (Å²) >= 11 is 0. The average molecular weight is 450 g/mol. The highest BCUT2D eigenvalue weighted by atomic mass is 19.4. The van der Waals surface area contributed by atoms with Gasteiger partial charge in [0.2, 0.25) is 11.8 Å². The topological polar surface area (TPSA) is 94.7 Å². The first-order valence-corrected chi connectivity index (χ1v) is 9.34. The molecular weight excluding hydrogens is 435 g/mol. The normalized spacial score (nSPS) is 16.5. The van der Waals surface area contributed by atoms with Gasteiger partial charge in [-0.3, -0.25) is 4.68 Å². The summed E-state index contributed by atoms with van der Waals surface area (Å²) in [5, 5.41) is 17.4. The maximum atomic E-state index is 14.7. The molecule has 1 aliphatic rings. The number of allylic oxidation sites excluding steroid dienone is 1. The molecule has 1 aliphatic heterocycles. The standard InChI is InChI=1S/C20H15F5N6O/c1-2-30-9-8-13(28-30)14-12(10-26)17(27)32-18-15(14)16(19(21,22)20(23,24)25)29-31(18)11-6-4-3-5-7-11/h3-9,14H,2,27H2,1H3. The van der Waals surface area contributed by atoms with Gasteiger partial charge in [0.15, 0.2) is 0 Å². The number of para-hydroxylation sites is 1. The van der Waals surface area contributed by atoms with Crippen molar-refractivity contribution in [3.63, 3.8) is 0 Å². The zero-order valence-corrected chi connectivity index (χ0v) is 16.4. The molecule has 0 spiro atoms. The minimum absolute atomic E-state index is 0.0581. The molecule has 7 nitrogen and oxygen atoms in total. The Kier molecular flexibility index (Phi) is 4.92.